The molecular formula is C22H44. The zero-order chi connectivity index (χ0) is 17.3. The molecular weight excluding hydrogens is 264 g/mol. The summed E-state index contributed by atoms with van der Waals surface area (Å²) in [4.78, 5) is 0. The summed E-state index contributed by atoms with van der Waals surface area (Å²) in [5.41, 5.74) is 1.53. The molecule has 0 aliphatic rings. The second kappa shape index (κ2) is 11.3. The quantitative estimate of drug-likeness (QED) is 0.323. The molecule has 0 heterocycles. The highest BCUT2D eigenvalue weighted by molar-refractivity contribution is 5.07. The molecule has 0 saturated heterocycles. The standard InChI is InChI=1S/C22H44/c1-10-13-15-22(19(7)17(5)14-11-2)21(9)20(8)18(6)16(4)12-3/h16-18,20-22H,7,10-15H2,1-6,8-9H3. The average molecular weight is 309 g/mol. The van der Waals surface area contributed by atoms with E-state index in [9.17, 15) is 0 Å². The van der Waals surface area contributed by atoms with Crippen LogP contribution in [0.1, 0.15) is 93.9 Å². The van der Waals surface area contributed by atoms with Crippen molar-refractivity contribution in [3.63, 3.8) is 0 Å². The first-order chi connectivity index (χ1) is 10.3. The molecule has 0 radical (unpaired) electrons. The molecule has 0 bridgehead atoms. The number of allylic oxidation sites excluding steroid dienone is 1. The molecule has 6 unspecified atom stereocenters. The van der Waals surface area contributed by atoms with E-state index in [1.807, 2.05) is 0 Å². The Bertz CT molecular complexity index is 290. The number of hydrogen-bond donors (Lipinski definition) is 0. The van der Waals surface area contributed by atoms with E-state index in [0.29, 0.717) is 11.8 Å². The summed E-state index contributed by atoms with van der Waals surface area (Å²) < 4.78 is 0. The van der Waals surface area contributed by atoms with E-state index in [1.54, 1.807) is 0 Å². The molecule has 22 heavy (non-hydrogen) atoms. The van der Waals surface area contributed by atoms with Gasteiger partial charge in [0.2, 0.25) is 0 Å². The predicted octanol–water partition coefficient (Wildman–Crippen LogP) is 7.74. The van der Waals surface area contributed by atoms with Crippen LogP contribution in [0, 0.1) is 35.5 Å². The Kier molecular flexibility index (Phi) is 11.2. The van der Waals surface area contributed by atoms with Gasteiger partial charge in [-0.15, -0.1) is 0 Å². The van der Waals surface area contributed by atoms with E-state index < -0.39 is 0 Å². The topological polar surface area (TPSA) is 0 Å². The molecule has 0 saturated carbocycles. The minimum atomic E-state index is 0.681. The van der Waals surface area contributed by atoms with Crippen LogP contribution in [0.3, 0.4) is 0 Å². The lowest BCUT2D eigenvalue weighted by molar-refractivity contribution is 0.162. The van der Waals surface area contributed by atoms with Crippen LogP contribution in [-0.2, 0) is 0 Å². The van der Waals surface area contributed by atoms with Crippen LogP contribution in [0.25, 0.3) is 0 Å². The second-order valence-corrected chi connectivity index (χ2v) is 7.98. The lowest BCUT2D eigenvalue weighted by Gasteiger charge is -2.37. The van der Waals surface area contributed by atoms with Gasteiger partial charge in [-0.2, -0.15) is 0 Å². The van der Waals surface area contributed by atoms with Crippen molar-refractivity contribution < 1.29 is 0 Å². The molecule has 6 atom stereocenters. The molecule has 0 aromatic carbocycles. The molecule has 0 aliphatic heterocycles. The Labute approximate surface area is 142 Å². The van der Waals surface area contributed by atoms with Crippen molar-refractivity contribution in [3.8, 4) is 0 Å². The maximum absolute atomic E-state index is 4.55. The van der Waals surface area contributed by atoms with Crippen molar-refractivity contribution in [2.75, 3.05) is 0 Å². The third-order valence-corrected chi connectivity index (χ3v) is 6.53. The summed E-state index contributed by atoms with van der Waals surface area (Å²) in [5, 5.41) is 0. The van der Waals surface area contributed by atoms with Gasteiger partial charge < -0.3 is 0 Å². The highest BCUT2D eigenvalue weighted by Crippen LogP contribution is 2.39. The molecule has 0 aromatic heterocycles. The van der Waals surface area contributed by atoms with Crippen molar-refractivity contribution in [3.05, 3.63) is 12.2 Å². The van der Waals surface area contributed by atoms with Gasteiger partial charge in [-0.25, -0.2) is 0 Å². The first-order valence-corrected chi connectivity index (χ1v) is 10.00. The molecule has 0 nitrogen and oxygen atoms in total. The molecule has 132 valence electrons. The zero-order valence-corrected chi connectivity index (χ0v) is 16.9. The smallest absolute Gasteiger partial charge is 0.0175 e. The third kappa shape index (κ3) is 6.47. The summed E-state index contributed by atoms with van der Waals surface area (Å²) in [6.07, 6.45) is 7.84. The normalized spacial score (nSPS) is 20.0. The van der Waals surface area contributed by atoms with Crippen LogP contribution in [0.4, 0.5) is 0 Å². The molecule has 0 fully saturated rings. The maximum atomic E-state index is 4.55. The Morgan fingerprint density at radius 3 is 1.82 bits per heavy atom. The number of rotatable bonds is 12. The van der Waals surface area contributed by atoms with Gasteiger partial charge in [-0.3, -0.25) is 0 Å². The van der Waals surface area contributed by atoms with Gasteiger partial charge in [-0.1, -0.05) is 93.2 Å². The summed E-state index contributed by atoms with van der Waals surface area (Å²) in [7, 11) is 0. The number of hydrogen-bond acceptors (Lipinski definition) is 0. The van der Waals surface area contributed by atoms with Crippen molar-refractivity contribution in [2.24, 2.45) is 35.5 Å². The van der Waals surface area contributed by atoms with Gasteiger partial charge >= 0.3 is 0 Å². The Balaban J connectivity index is 5.03. The summed E-state index contributed by atoms with van der Waals surface area (Å²) in [5.74, 6) is 4.55. The van der Waals surface area contributed by atoms with Crippen LogP contribution in [0.2, 0.25) is 0 Å². The van der Waals surface area contributed by atoms with E-state index in [0.717, 1.165) is 23.7 Å². The molecule has 0 heteroatoms. The van der Waals surface area contributed by atoms with Gasteiger partial charge in [0, 0.05) is 0 Å². The van der Waals surface area contributed by atoms with Crippen molar-refractivity contribution in [1.29, 1.82) is 0 Å². The molecule has 0 aromatic rings. The van der Waals surface area contributed by atoms with E-state index in [2.05, 4.69) is 62.0 Å². The first kappa shape index (κ1) is 21.7. The second-order valence-electron chi connectivity index (χ2n) is 7.98. The minimum absolute atomic E-state index is 0.681. The third-order valence-electron chi connectivity index (χ3n) is 6.53. The maximum Gasteiger partial charge on any atom is -0.0175 e. The summed E-state index contributed by atoms with van der Waals surface area (Å²) in [6.45, 7) is 23.7. The fraction of sp³-hybridized carbons (Fsp3) is 0.909. The van der Waals surface area contributed by atoms with Crippen LogP contribution in [0.15, 0.2) is 12.2 Å². The Morgan fingerprint density at radius 2 is 1.36 bits per heavy atom. The average Bonchev–Trinajstić information content (AvgIpc) is 2.52. The van der Waals surface area contributed by atoms with E-state index in [-0.39, 0.29) is 0 Å². The fourth-order valence-corrected chi connectivity index (χ4v) is 3.93. The van der Waals surface area contributed by atoms with Gasteiger partial charge in [-0.05, 0) is 48.3 Å². The molecule has 0 N–H and O–H groups in total. The van der Waals surface area contributed by atoms with E-state index >= 15 is 0 Å². The number of unbranched alkanes of at least 4 members (excludes halogenated alkanes) is 1. The van der Waals surface area contributed by atoms with Gasteiger partial charge in [0.05, 0.1) is 0 Å². The Hall–Kier alpha value is -0.260. The highest BCUT2D eigenvalue weighted by atomic mass is 14.4. The predicted molar refractivity (Wildman–Crippen MR) is 103 cm³/mol. The SMILES string of the molecule is C=C(C(C)CCC)C(CCCC)C(C)C(C)C(C)C(C)CC. The van der Waals surface area contributed by atoms with Gasteiger partial charge in [0.15, 0.2) is 0 Å². The van der Waals surface area contributed by atoms with Crippen LogP contribution in [-0.4, -0.2) is 0 Å². The fourth-order valence-electron chi connectivity index (χ4n) is 3.93. The largest absolute Gasteiger partial charge is 0.0993 e. The molecule has 0 rings (SSSR count). The van der Waals surface area contributed by atoms with Gasteiger partial charge in [0.25, 0.3) is 0 Å². The molecule has 0 spiro atoms. The van der Waals surface area contributed by atoms with Crippen molar-refractivity contribution >= 4 is 0 Å². The van der Waals surface area contributed by atoms with Crippen LogP contribution >= 0.6 is 0 Å². The van der Waals surface area contributed by atoms with Crippen molar-refractivity contribution in [2.45, 2.75) is 93.9 Å². The highest BCUT2D eigenvalue weighted by Gasteiger charge is 2.30. The van der Waals surface area contributed by atoms with Crippen LogP contribution < -0.4 is 0 Å². The lowest BCUT2D eigenvalue weighted by atomic mass is 9.68. The Morgan fingerprint density at radius 1 is 0.773 bits per heavy atom. The zero-order valence-electron chi connectivity index (χ0n) is 16.9. The molecule has 0 amide bonds. The molecule has 0 aliphatic carbocycles. The van der Waals surface area contributed by atoms with E-state index in [4.69, 9.17) is 0 Å². The lowest BCUT2D eigenvalue weighted by Crippen LogP contribution is -2.29. The van der Waals surface area contributed by atoms with Crippen molar-refractivity contribution in [1.82, 2.24) is 0 Å². The van der Waals surface area contributed by atoms with Crippen LogP contribution in [0.5, 0.6) is 0 Å². The van der Waals surface area contributed by atoms with E-state index in [1.165, 1.54) is 44.1 Å². The first-order valence-electron chi connectivity index (χ1n) is 10.00. The summed E-state index contributed by atoms with van der Waals surface area (Å²) in [6, 6.07) is 0. The monoisotopic (exact) mass is 308 g/mol. The summed E-state index contributed by atoms with van der Waals surface area (Å²) >= 11 is 0. The van der Waals surface area contributed by atoms with Gasteiger partial charge in [0.1, 0.15) is 0 Å². The minimum Gasteiger partial charge on any atom is -0.0993 e.